The van der Waals surface area contributed by atoms with Crippen molar-refractivity contribution in [3.8, 4) is 6.07 Å². The van der Waals surface area contributed by atoms with Gasteiger partial charge in [-0.25, -0.2) is 0 Å². The Bertz CT molecular complexity index is 295. The monoisotopic (exact) mass is 236 g/mol. The Morgan fingerprint density at radius 2 is 2.18 bits per heavy atom. The van der Waals surface area contributed by atoms with E-state index in [0.717, 1.165) is 18.8 Å². The van der Waals surface area contributed by atoms with Gasteiger partial charge in [0, 0.05) is 6.04 Å². The van der Waals surface area contributed by atoms with Crippen molar-refractivity contribution in [2.75, 3.05) is 0 Å². The summed E-state index contributed by atoms with van der Waals surface area (Å²) in [6, 6.07) is 2.38. The maximum Gasteiger partial charge on any atom is 0.237 e. The van der Waals surface area contributed by atoms with Gasteiger partial charge in [-0.15, -0.1) is 0 Å². The highest BCUT2D eigenvalue weighted by atomic mass is 16.1. The lowest BCUT2D eigenvalue weighted by molar-refractivity contribution is -0.124. The molecule has 4 atom stereocenters. The summed E-state index contributed by atoms with van der Waals surface area (Å²) in [5.41, 5.74) is 0. The molecule has 96 valence electrons. The Morgan fingerprint density at radius 1 is 1.47 bits per heavy atom. The third-order valence-corrected chi connectivity index (χ3v) is 4.13. The number of nitrogens with zero attached hydrogens (tertiary/aromatic N) is 1. The second kappa shape index (κ2) is 6.64. The molecule has 1 N–H and O–H groups in total. The molecular weight excluding hydrogens is 212 g/mol. The van der Waals surface area contributed by atoms with Crippen LogP contribution in [0.3, 0.4) is 0 Å². The fourth-order valence-electron chi connectivity index (χ4n) is 2.85. The molecule has 0 aromatic carbocycles. The largest absolute Gasteiger partial charge is 0.352 e. The van der Waals surface area contributed by atoms with Crippen LogP contribution in [0.25, 0.3) is 0 Å². The highest BCUT2D eigenvalue weighted by Crippen LogP contribution is 2.34. The van der Waals surface area contributed by atoms with Crippen molar-refractivity contribution in [2.45, 2.75) is 58.9 Å². The van der Waals surface area contributed by atoms with Gasteiger partial charge in [-0.05, 0) is 31.1 Å². The molecule has 1 fully saturated rings. The van der Waals surface area contributed by atoms with E-state index in [0.29, 0.717) is 12.3 Å². The van der Waals surface area contributed by atoms with Crippen molar-refractivity contribution < 1.29 is 4.79 Å². The summed E-state index contributed by atoms with van der Waals surface area (Å²) in [5, 5.41) is 12.0. The lowest BCUT2D eigenvalue weighted by Crippen LogP contribution is -2.40. The molecule has 17 heavy (non-hydrogen) atoms. The van der Waals surface area contributed by atoms with Gasteiger partial charge in [0.15, 0.2) is 0 Å². The molecule has 0 aromatic heterocycles. The van der Waals surface area contributed by atoms with Crippen LogP contribution in [-0.4, -0.2) is 11.9 Å². The first-order chi connectivity index (χ1) is 8.13. The molecular formula is C14H24N2O. The third kappa shape index (κ3) is 3.46. The minimum Gasteiger partial charge on any atom is -0.352 e. The maximum absolute atomic E-state index is 11.9. The second-order valence-corrected chi connectivity index (χ2v) is 5.19. The van der Waals surface area contributed by atoms with Gasteiger partial charge < -0.3 is 5.32 Å². The number of rotatable bonds is 5. The van der Waals surface area contributed by atoms with Crippen molar-refractivity contribution in [3.05, 3.63) is 0 Å². The fourth-order valence-corrected chi connectivity index (χ4v) is 2.85. The van der Waals surface area contributed by atoms with Gasteiger partial charge in [-0.3, -0.25) is 4.79 Å². The van der Waals surface area contributed by atoms with Gasteiger partial charge in [-0.2, -0.15) is 5.26 Å². The lowest BCUT2D eigenvalue weighted by Gasteiger charge is -2.22. The molecule has 0 aliphatic heterocycles. The predicted molar refractivity (Wildman–Crippen MR) is 68.1 cm³/mol. The molecule has 0 aromatic rings. The summed E-state index contributed by atoms with van der Waals surface area (Å²) in [5.74, 6) is 0.743. The van der Waals surface area contributed by atoms with Crippen molar-refractivity contribution in [1.29, 1.82) is 5.26 Å². The van der Waals surface area contributed by atoms with Crippen LogP contribution in [0.2, 0.25) is 0 Å². The molecule has 1 saturated carbocycles. The highest BCUT2D eigenvalue weighted by Gasteiger charge is 2.33. The van der Waals surface area contributed by atoms with Crippen LogP contribution in [-0.2, 0) is 4.79 Å². The van der Waals surface area contributed by atoms with Gasteiger partial charge in [0.1, 0.15) is 5.92 Å². The zero-order valence-corrected chi connectivity index (χ0v) is 11.2. The third-order valence-electron chi connectivity index (χ3n) is 4.13. The molecule has 1 rings (SSSR count). The summed E-state index contributed by atoms with van der Waals surface area (Å²) < 4.78 is 0. The molecule has 0 heterocycles. The summed E-state index contributed by atoms with van der Waals surface area (Å²) in [6.45, 7) is 6.43. The Hall–Kier alpha value is -1.04. The minimum absolute atomic E-state index is 0.0667. The van der Waals surface area contributed by atoms with Crippen LogP contribution in [0.1, 0.15) is 52.9 Å². The van der Waals surface area contributed by atoms with E-state index in [2.05, 4.69) is 25.2 Å². The van der Waals surface area contributed by atoms with Crippen LogP contribution in [0.5, 0.6) is 0 Å². The van der Waals surface area contributed by atoms with Gasteiger partial charge in [0.05, 0.1) is 6.07 Å². The predicted octanol–water partition coefficient (Wildman–Crippen LogP) is 2.87. The second-order valence-electron chi connectivity index (χ2n) is 5.19. The van der Waals surface area contributed by atoms with E-state index in [1.807, 2.05) is 6.92 Å². The fraction of sp³-hybridized carbons (Fsp3) is 0.857. The number of hydrogen-bond donors (Lipinski definition) is 1. The molecule has 0 spiro atoms. The molecule has 4 unspecified atom stereocenters. The molecule has 0 radical (unpaired) electrons. The molecule has 1 aliphatic carbocycles. The van der Waals surface area contributed by atoms with Crippen molar-refractivity contribution in [2.24, 2.45) is 17.8 Å². The van der Waals surface area contributed by atoms with E-state index < -0.39 is 5.92 Å². The average molecular weight is 236 g/mol. The first kappa shape index (κ1) is 14.0. The van der Waals surface area contributed by atoms with E-state index in [4.69, 9.17) is 5.26 Å². The summed E-state index contributed by atoms with van der Waals surface area (Å²) >= 11 is 0. The summed E-state index contributed by atoms with van der Waals surface area (Å²) in [6.07, 6.45) is 5.00. The SMILES string of the molecule is CCCC(C#N)C(=O)NC1CCC(CC)C1C. The molecule has 1 amide bonds. The lowest BCUT2D eigenvalue weighted by atomic mass is 9.93. The van der Waals surface area contributed by atoms with E-state index in [1.54, 1.807) is 0 Å². The Balaban J connectivity index is 2.49. The van der Waals surface area contributed by atoms with E-state index in [1.165, 1.54) is 12.8 Å². The Labute approximate surface area is 105 Å². The van der Waals surface area contributed by atoms with Gasteiger partial charge in [0.25, 0.3) is 0 Å². The first-order valence-corrected chi connectivity index (χ1v) is 6.83. The van der Waals surface area contributed by atoms with Crippen LogP contribution in [0.15, 0.2) is 0 Å². The first-order valence-electron chi connectivity index (χ1n) is 6.83. The van der Waals surface area contributed by atoms with Crippen molar-refractivity contribution in [1.82, 2.24) is 5.32 Å². The number of carbonyl (C=O) groups excluding carboxylic acids is 1. The van der Waals surface area contributed by atoms with Crippen LogP contribution < -0.4 is 5.32 Å². The molecule has 1 aliphatic rings. The van der Waals surface area contributed by atoms with Crippen LogP contribution >= 0.6 is 0 Å². The number of hydrogen-bond acceptors (Lipinski definition) is 2. The quantitative estimate of drug-likeness (QED) is 0.798. The topological polar surface area (TPSA) is 52.9 Å². The molecule has 0 bridgehead atoms. The standard InChI is InChI=1S/C14H24N2O/c1-4-6-12(9-15)14(17)16-13-8-7-11(5-2)10(13)3/h10-13H,4-8H2,1-3H3,(H,16,17). The van der Waals surface area contributed by atoms with Crippen molar-refractivity contribution >= 4 is 5.91 Å². The van der Waals surface area contributed by atoms with Gasteiger partial charge >= 0.3 is 0 Å². The van der Waals surface area contributed by atoms with Crippen LogP contribution in [0.4, 0.5) is 0 Å². The Morgan fingerprint density at radius 3 is 2.65 bits per heavy atom. The van der Waals surface area contributed by atoms with E-state index in [9.17, 15) is 4.79 Å². The van der Waals surface area contributed by atoms with Gasteiger partial charge in [-0.1, -0.05) is 33.6 Å². The molecule has 0 saturated heterocycles. The average Bonchev–Trinajstić information content (AvgIpc) is 2.67. The zero-order chi connectivity index (χ0) is 12.8. The smallest absolute Gasteiger partial charge is 0.237 e. The highest BCUT2D eigenvalue weighted by molar-refractivity contribution is 5.81. The minimum atomic E-state index is -0.465. The Kier molecular flexibility index (Phi) is 5.47. The van der Waals surface area contributed by atoms with E-state index in [-0.39, 0.29) is 11.9 Å². The normalized spacial score (nSPS) is 29.6. The maximum atomic E-state index is 11.9. The number of amides is 1. The number of nitrogens with one attached hydrogen (secondary N) is 1. The molecule has 3 heteroatoms. The summed E-state index contributed by atoms with van der Waals surface area (Å²) in [7, 11) is 0. The van der Waals surface area contributed by atoms with E-state index >= 15 is 0 Å². The molecule has 3 nitrogen and oxygen atoms in total. The summed E-state index contributed by atoms with van der Waals surface area (Å²) in [4.78, 5) is 11.9. The van der Waals surface area contributed by atoms with Crippen molar-refractivity contribution in [3.63, 3.8) is 0 Å². The zero-order valence-electron chi connectivity index (χ0n) is 11.2. The van der Waals surface area contributed by atoms with Crippen LogP contribution in [0, 0.1) is 29.1 Å². The number of nitriles is 1. The number of carbonyl (C=O) groups is 1. The van der Waals surface area contributed by atoms with Gasteiger partial charge in [0.2, 0.25) is 5.91 Å².